The van der Waals surface area contributed by atoms with E-state index in [1.54, 1.807) is 48.1 Å². The van der Waals surface area contributed by atoms with Crippen molar-refractivity contribution in [3.8, 4) is 16.9 Å². The van der Waals surface area contributed by atoms with Crippen LogP contribution in [0.4, 0.5) is 13.2 Å². The summed E-state index contributed by atoms with van der Waals surface area (Å²) in [5.74, 6) is -0.744. The maximum absolute atomic E-state index is 15.1. The van der Waals surface area contributed by atoms with Gasteiger partial charge in [-0.15, -0.1) is 0 Å². The first-order valence-corrected chi connectivity index (χ1v) is 12.0. The number of nitrogens with zero attached hydrogens (tertiary/aromatic N) is 4. The van der Waals surface area contributed by atoms with Crippen LogP contribution >= 0.6 is 0 Å². The molecule has 0 bridgehead atoms. The van der Waals surface area contributed by atoms with Gasteiger partial charge in [0, 0.05) is 71.3 Å². The van der Waals surface area contributed by atoms with Crippen molar-refractivity contribution in [1.82, 2.24) is 19.4 Å². The number of carbonyl (C=O) groups is 1. The van der Waals surface area contributed by atoms with Crippen molar-refractivity contribution in [2.75, 3.05) is 0 Å². The van der Waals surface area contributed by atoms with Crippen LogP contribution in [-0.2, 0) is 11.2 Å². The smallest absolute Gasteiger partial charge is 0.550 e. The van der Waals surface area contributed by atoms with Gasteiger partial charge in [0.2, 0.25) is 0 Å². The maximum atomic E-state index is 15.1. The zero-order valence-corrected chi connectivity index (χ0v) is 23.9. The number of carboxylic acid groups (broad SMARTS) is 1. The maximum Gasteiger partial charge on any atom is 1.00 e. The van der Waals surface area contributed by atoms with Gasteiger partial charge in [-0.25, -0.2) is 19.3 Å². The fraction of sp³-hybridized carbons (Fsp3) is 0.333. The number of pyridine rings is 1. The molecule has 2 fully saturated rings. The molecule has 3 heterocycles. The molecule has 0 aliphatic heterocycles. The molecule has 0 spiro atoms. The Kier molecular flexibility index (Phi) is 7.67. The van der Waals surface area contributed by atoms with Gasteiger partial charge in [-0.1, -0.05) is 18.2 Å². The molecule has 2 saturated carbocycles. The molecule has 0 N–H and O–H groups in total. The van der Waals surface area contributed by atoms with Gasteiger partial charge in [0.25, 0.3) is 0 Å². The second-order valence-electron chi connectivity index (χ2n) is 9.74. The Bertz CT molecular complexity index is 1500. The molecule has 0 saturated heterocycles. The van der Waals surface area contributed by atoms with Crippen molar-refractivity contribution < 1.29 is 79.2 Å². The quantitative estimate of drug-likeness (QED) is 0.320. The molecule has 11 heteroatoms. The molecule has 7 nitrogen and oxygen atoms in total. The molecule has 6 rings (SSSR count). The Hall–Kier alpha value is -2.31. The van der Waals surface area contributed by atoms with Gasteiger partial charge in [0.05, 0.1) is 5.69 Å². The Morgan fingerprint density at radius 1 is 1.18 bits per heavy atom. The molecule has 38 heavy (non-hydrogen) atoms. The molecular formula is C27H22F3KN4O3. The van der Waals surface area contributed by atoms with Gasteiger partial charge in [-0.2, -0.15) is 8.78 Å². The van der Waals surface area contributed by atoms with Gasteiger partial charge in [0.15, 0.2) is 0 Å². The number of aromatic nitrogens is 4. The van der Waals surface area contributed by atoms with Crippen molar-refractivity contribution in [2.24, 2.45) is 17.8 Å². The van der Waals surface area contributed by atoms with E-state index in [1.165, 1.54) is 12.1 Å². The Balaban J connectivity index is 0.00000294. The molecule has 2 aliphatic carbocycles. The van der Waals surface area contributed by atoms with E-state index in [4.69, 9.17) is 0 Å². The number of rotatable bonds is 7. The molecule has 2 aliphatic rings. The van der Waals surface area contributed by atoms with Crippen LogP contribution in [0.3, 0.4) is 0 Å². The summed E-state index contributed by atoms with van der Waals surface area (Å²) in [4.78, 5) is 24.5. The summed E-state index contributed by atoms with van der Waals surface area (Å²) < 4.78 is 47.2. The minimum Gasteiger partial charge on any atom is -0.550 e. The summed E-state index contributed by atoms with van der Waals surface area (Å²) in [6.07, 6.45) is 6.45. The van der Waals surface area contributed by atoms with Gasteiger partial charge in [-0.3, -0.25) is 0 Å². The van der Waals surface area contributed by atoms with E-state index < -0.39 is 18.4 Å². The van der Waals surface area contributed by atoms with E-state index in [1.807, 2.05) is 0 Å². The predicted octanol–water partition coefficient (Wildman–Crippen LogP) is 0.925. The van der Waals surface area contributed by atoms with Crippen molar-refractivity contribution in [3.05, 3.63) is 77.5 Å². The number of benzene rings is 1. The topological polar surface area (TPSA) is 92.4 Å². The number of para-hydroxylation sites is 1. The first-order chi connectivity index (χ1) is 17.8. The average Bonchev–Trinajstić information content (AvgIpc) is 3.22. The molecule has 2 unspecified atom stereocenters. The van der Waals surface area contributed by atoms with Crippen LogP contribution in [0.5, 0.6) is 5.75 Å². The summed E-state index contributed by atoms with van der Waals surface area (Å²) >= 11 is 0. The summed E-state index contributed by atoms with van der Waals surface area (Å²) in [6, 6.07) is 7.87. The average molecular weight is 547 g/mol. The first kappa shape index (κ1) is 27.3. The number of hydrogen-bond donors (Lipinski definition) is 0. The Labute approximate surface area is 258 Å². The van der Waals surface area contributed by atoms with Gasteiger partial charge >= 0.3 is 58.0 Å². The van der Waals surface area contributed by atoms with Crippen LogP contribution in [0.25, 0.3) is 16.8 Å². The standard InChI is InChI=1S/C27H23F3N4O3.K/c1-13-21(8-14-4-2-3-5-22(14)37-27(29)30)34-12-19(20(28)9-23(34)33-13)16-10-31-25(32-11-16)15-6-17-18(7-15)24(17)26(35)36;/h2-5,9-12,15,17-18,24,27H,6-8H2,1H3,(H,35,36);/q;+1/p-1. The summed E-state index contributed by atoms with van der Waals surface area (Å²) in [6.45, 7) is -1.16. The minimum atomic E-state index is -2.95. The molecule has 1 aromatic carbocycles. The van der Waals surface area contributed by atoms with Crippen LogP contribution in [0.1, 0.15) is 41.5 Å². The SMILES string of the molecule is Cc1nc2cc(F)c(-c3cnc(C4CC5C(C4)C5C(=O)[O-])nc3)cn2c1Cc1ccccc1OC(F)F.[K+]. The molecule has 3 aromatic heterocycles. The zero-order valence-electron chi connectivity index (χ0n) is 20.8. The number of carbonyl (C=O) groups excluding carboxylic acids is 1. The Morgan fingerprint density at radius 3 is 2.53 bits per heavy atom. The predicted molar refractivity (Wildman–Crippen MR) is 124 cm³/mol. The van der Waals surface area contributed by atoms with E-state index >= 15 is 4.39 Å². The number of ether oxygens (including phenoxy) is 1. The Morgan fingerprint density at radius 2 is 1.87 bits per heavy atom. The van der Waals surface area contributed by atoms with Gasteiger partial charge in [0.1, 0.15) is 23.0 Å². The molecule has 190 valence electrons. The first-order valence-electron chi connectivity index (χ1n) is 12.0. The van der Waals surface area contributed by atoms with E-state index in [-0.39, 0.29) is 92.8 Å². The summed E-state index contributed by atoms with van der Waals surface area (Å²) in [7, 11) is 0. The largest absolute Gasteiger partial charge is 1.00 e. The third-order valence-electron chi connectivity index (χ3n) is 7.62. The van der Waals surface area contributed by atoms with Crippen LogP contribution < -0.4 is 61.2 Å². The third-order valence-corrected chi connectivity index (χ3v) is 7.62. The number of halogens is 3. The fourth-order valence-corrected chi connectivity index (χ4v) is 5.79. The second kappa shape index (κ2) is 10.7. The minimum absolute atomic E-state index is 0. The number of aryl methyl sites for hydroxylation is 1. The molecule has 2 atom stereocenters. The number of carboxylic acids is 1. The van der Waals surface area contributed by atoms with Crippen molar-refractivity contribution in [2.45, 2.75) is 38.7 Å². The van der Waals surface area contributed by atoms with Crippen molar-refractivity contribution >= 4 is 11.6 Å². The zero-order chi connectivity index (χ0) is 25.8. The molecular weight excluding hydrogens is 524 g/mol. The van der Waals surface area contributed by atoms with Gasteiger partial charge in [-0.05, 0) is 37.7 Å². The van der Waals surface area contributed by atoms with E-state index in [9.17, 15) is 18.7 Å². The van der Waals surface area contributed by atoms with Crippen LogP contribution in [0, 0.1) is 30.5 Å². The van der Waals surface area contributed by atoms with E-state index in [0.717, 1.165) is 12.8 Å². The number of fused-ring (bicyclic) bond motifs is 2. The van der Waals surface area contributed by atoms with Gasteiger partial charge < -0.3 is 19.0 Å². The fourth-order valence-electron chi connectivity index (χ4n) is 5.79. The number of alkyl halides is 2. The summed E-state index contributed by atoms with van der Waals surface area (Å²) in [5.41, 5.74) is 3.07. The third kappa shape index (κ3) is 5.02. The normalized spacial score (nSPS) is 21.8. The molecule has 4 aromatic rings. The monoisotopic (exact) mass is 546 g/mol. The summed E-state index contributed by atoms with van der Waals surface area (Å²) in [5, 5.41) is 11.1. The number of hydrogen-bond acceptors (Lipinski definition) is 6. The number of imidazole rings is 1. The molecule has 0 amide bonds. The molecule has 0 radical (unpaired) electrons. The van der Waals surface area contributed by atoms with Crippen LogP contribution in [0.2, 0.25) is 0 Å². The van der Waals surface area contributed by atoms with Crippen molar-refractivity contribution in [1.29, 1.82) is 0 Å². The number of aliphatic carboxylic acids is 1. The van der Waals surface area contributed by atoms with E-state index in [0.29, 0.717) is 34.0 Å². The van der Waals surface area contributed by atoms with Crippen LogP contribution in [0.15, 0.2) is 48.9 Å². The second-order valence-corrected chi connectivity index (χ2v) is 9.74. The van der Waals surface area contributed by atoms with Crippen molar-refractivity contribution in [3.63, 3.8) is 0 Å². The van der Waals surface area contributed by atoms with E-state index in [2.05, 4.69) is 19.7 Å². The van der Waals surface area contributed by atoms with Crippen LogP contribution in [-0.4, -0.2) is 31.9 Å².